The third-order valence-corrected chi connectivity index (χ3v) is 6.34. The van der Waals surface area contributed by atoms with Crippen molar-refractivity contribution in [3.05, 3.63) is 32.5 Å². The van der Waals surface area contributed by atoms with Crippen molar-refractivity contribution in [2.75, 3.05) is 6.54 Å². The van der Waals surface area contributed by atoms with E-state index in [1.54, 1.807) is 0 Å². The summed E-state index contributed by atoms with van der Waals surface area (Å²) in [5.41, 5.74) is 0.727. The predicted molar refractivity (Wildman–Crippen MR) is 101 cm³/mol. The second-order valence-electron chi connectivity index (χ2n) is 8.87. The van der Waals surface area contributed by atoms with E-state index in [0.717, 1.165) is 24.3 Å². The Labute approximate surface area is 156 Å². The zero-order valence-electron chi connectivity index (χ0n) is 15.6. The van der Waals surface area contributed by atoms with E-state index >= 15 is 0 Å². The number of nitrogens with zero attached hydrogens (tertiary/aromatic N) is 3. The third-order valence-electron chi connectivity index (χ3n) is 5.57. The number of likely N-dealkylation sites (tertiary alicyclic amines) is 1. The topological polar surface area (TPSA) is 79.0 Å². The van der Waals surface area contributed by atoms with Gasteiger partial charge in [-0.05, 0) is 37.0 Å². The third kappa shape index (κ3) is 2.98. The van der Waals surface area contributed by atoms with Crippen molar-refractivity contribution >= 4 is 17.2 Å². The van der Waals surface area contributed by atoms with E-state index < -0.39 is 5.56 Å². The molecule has 2 aromatic rings. The molecule has 0 aromatic carbocycles. The second kappa shape index (κ2) is 5.74. The zero-order chi connectivity index (χ0) is 18.7. The molecule has 2 fully saturated rings. The molecule has 3 heterocycles. The van der Waals surface area contributed by atoms with E-state index in [1.165, 1.54) is 17.5 Å². The number of hydrogen-bond acceptors (Lipinski definition) is 5. The van der Waals surface area contributed by atoms with Crippen LogP contribution in [0.3, 0.4) is 0 Å². The number of amides is 1. The van der Waals surface area contributed by atoms with Crippen LogP contribution in [0.4, 0.5) is 0 Å². The number of carbonyl (C=O) groups excluding carboxylic acids is 1. The monoisotopic (exact) mass is 372 g/mol. The molecule has 138 valence electrons. The van der Waals surface area contributed by atoms with E-state index in [2.05, 4.69) is 35.7 Å². The van der Waals surface area contributed by atoms with Crippen LogP contribution < -0.4 is 5.56 Å². The highest BCUT2D eigenvalue weighted by Gasteiger charge is 2.51. The lowest BCUT2D eigenvalue weighted by Crippen LogP contribution is -2.39. The molecule has 2 aromatic heterocycles. The lowest BCUT2D eigenvalue weighted by atomic mass is 9.65. The molecule has 7 heteroatoms. The summed E-state index contributed by atoms with van der Waals surface area (Å²) in [6.45, 7) is 9.41. The average Bonchev–Trinajstić information content (AvgIpc) is 3.06. The van der Waals surface area contributed by atoms with Gasteiger partial charge >= 0.3 is 0 Å². The van der Waals surface area contributed by atoms with Crippen molar-refractivity contribution in [1.82, 2.24) is 19.9 Å². The van der Waals surface area contributed by atoms with Crippen LogP contribution in [0.5, 0.6) is 0 Å². The maximum atomic E-state index is 13.1. The van der Waals surface area contributed by atoms with Gasteiger partial charge in [0.2, 0.25) is 0 Å². The molecular formula is C19H24N4O2S. The standard InChI is InChI=1S/C19H24N4O2S/c1-11-21-14(8-26-11)15-20-7-13(16(24)22-15)17(25)23-10-19(4)6-12(23)5-18(2,3)9-19/h7-8,12H,5-6,9-10H2,1-4H3,(H,20,22,24)/t12-,19-/m1/s1. The lowest BCUT2D eigenvalue weighted by molar-refractivity contribution is 0.0706. The fraction of sp³-hybridized carbons (Fsp3) is 0.579. The van der Waals surface area contributed by atoms with Gasteiger partial charge in [0.15, 0.2) is 5.82 Å². The highest BCUT2D eigenvalue weighted by molar-refractivity contribution is 7.09. The Hall–Kier alpha value is -2.02. The van der Waals surface area contributed by atoms with Gasteiger partial charge in [-0.1, -0.05) is 20.8 Å². The fourth-order valence-corrected chi connectivity index (χ4v) is 5.60. The van der Waals surface area contributed by atoms with Gasteiger partial charge in [-0.25, -0.2) is 9.97 Å². The summed E-state index contributed by atoms with van der Waals surface area (Å²) in [5.74, 6) is 0.204. The molecule has 0 radical (unpaired) electrons. The van der Waals surface area contributed by atoms with Crippen LogP contribution in [0.2, 0.25) is 0 Å². The first-order chi connectivity index (χ1) is 12.2. The maximum absolute atomic E-state index is 13.1. The van der Waals surface area contributed by atoms with E-state index in [-0.39, 0.29) is 28.3 Å². The number of hydrogen-bond donors (Lipinski definition) is 1. The van der Waals surface area contributed by atoms with Crippen LogP contribution in [0.25, 0.3) is 11.5 Å². The van der Waals surface area contributed by atoms with E-state index in [0.29, 0.717) is 18.1 Å². The summed E-state index contributed by atoms with van der Waals surface area (Å²) in [4.78, 5) is 38.9. The summed E-state index contributed by atoms with van der Waals surface area (Å²) in [7, 11) is 0. The van der Waals surface area contributed by atoms with Crippen molar-refractivity contribution in [3.63, 3.8) is 0 Å². The molecule has 4 rings (SSSR count). The van der Waals surface area contributed by atoms with Crippen LogP contribution in [-0.4, -0.2) is 38.3 Å². The molecule has 1 saturated heterocycles. The number of H-pyrrole nitrogens is 1. The first kappa shape index (κ1) is 17.4. The average molecular weight is 372 g/mol. The Morgan fingerprint density at radius 3 is 2.77 bits per heavy atom. The second-order valence-corrected chi connectivity index (χ2v) is 9.94. The van der Waals surface area contributed by atoms with E-state index in [9.17, 15) is 9.59 Å². The first-order valence-electron chi connectivity index (χ1n) is 8.99. The number of fused-ring (bicyclic) bond motifs is 2. The number of rotatable bonds is 2. The summed E-state index contributed by atoms with van der Waals surface area (Å²) in [6, 6.07) is 0.205. The van der Waals surface area contributed by atoms with Crippen LogP contribution in [0.1, 0.15) is 55.4 Å². The van der Waals surface area contributed by atoms with Gasteiger partial charge < -0.3 is 9.88 Å². The minimum absolute atomic E-state index is 0.120. The van der Waals surface area contributed by atoms with Gasteiger partial charge in [-0.3, -0.25) is 9.59 Å². The normalized spacial score (nSPS) is 26.9. The SMILES string of the molecule is Cc1nc(-c2ncc(C(=O)N3C[C@]4(C)C[C@H]3CC(C)(C)C4)c(=O)[nH]2)cs1. The number of aryl methyl sites for hydroxylation is 1. The summed E-state index contributed by atoms with van der Waals surface area (Å²) >= 11 is 1.50. The molecule has 26 heavy (non-hydrogen) atoms. The summed E-state index contributed by atoms with van der Waals surface area (Å²) in [6.07, 6.45) is 4.51. The van der Waals surface area contributed by atoms with Gasteiger partial charge in [0.25, 0.3) is 11.5 Å². The van der Waals surface area contributed by atoms with Gasteiger partial charge in [0, 0.05) is 24.2 Å². The molecule has 2 atom stereocenters. The number of aromatic nitrogens is 3. The Bertz CT molecular complexity index is 932. The zero-order valence-corrected chi connectivity index (χ0v) is 16.4. The molecule has 1 aliphatic carbocycles. The molecule has 1 amide bonds. The molecule has 1 aliphatic heterocycles. The maximum Gasteiger partial charge on any atom is 0.264 e. The van der Waals surface area contributed by atoms with Gasteiger partial charge in [0.05, 0.1) is 5.01 Å². The van der Waals surface area contributed by atoms with Crippen molar-refractivity contribution < 1.29 is 4.79 Å². The van der Waals surface area contributed by atoms with Gasteiger partial charge in [-0.15, -0.1) is 11.3 Å². The van der Waals surface area contributed by atoms with Gasteiger partial charge in [0.1, 0.15) is 11.3 Å². The van der Waals surface area contributed by atoms with Crippen LogP contribution in [-0.2, 0) is 0 Å². The molecule has 2 aliphatic rings. The molecule has 2 bridgehead atoms. The first-order valence-corrected chi connectivity index (χ1v) is 9.87. The van der Waals surface area contributed by atoms with Crippen LogP contribution in [0, 0.1) is 17.8 Å². The minimum Gasteiger partial charge on any atom is -0.335 e. The van der Waals surface area contributed by atoms with Gasteiger partial charge in [-0.2, -0.15) is 0 Å². The quantitative estimate of drug-likeness (QED) is 0.878. The Kier molecular flexibility index (Phi) is 3.84. The van der Waals surface area contributed by atoms with E-state index in [4.69, 9.17) is 0 Å². The highest BCUT2D eigenvalue weighted by atomic mass is 32.1. The van der Waals surface area contributed by atoms with Crippen molar-refractivity contribution in [3.8, 4) is 11.5 Å². The van der Waals surface area contributed by atoms with Crippen LogP contribution in [0.15, 0.2) is 16.4 Å². The number of aromatic amines is 1. The number of nitrogens with one attached hydrogen (secondary N) is 1. The predicted octanol–water partition coefficient (Wildman–Crippen LogP) is 3.24. The molecule has 6 nitrogen and oxygen atoms in total. The summed E-state index contributed by atoms with van der Waals surface area (Å²) < 4.78 is 0. The molecule has 0 unspecified atom stereocenters. The largest absolute Gasteiger partial charge is 0.335 e. The van der Waals surface area contributed by atoms with Crippen LogP contribution >= 0.6 is 11.3 Å². The van der Waals surface area contributed by atoms with Crippen molar-refractivity contribution in [2.45, 2.75) is 53.0 Å². The Morgan fingerprint density at radius 1 is 1.35 bits per heavy atom. The lowest BCUT2D eigenvalue weighted by Gasteiger charge is -2.39. The molecular weight excluding hydrogens is 348 g/mol. The molecule has 0 spiro atoms. The highest BCUT2D eigenvalue weighted by Crippen LogP contribution is 2.52. The fourth-order valence-electron chi connectivity index (χ4n) is 5.00. The molecule has 1 N–H and O–H groups in total. The van der Waals surface area contributed by atoms with Crippen molar-refractivity contribution in [1.29, 1.82) is 0 Å². The van der Waals surface area contributed by atoms with Crippen molar-refractivity contribution in [2.24, 2.45) is 10.8 Å². The number of thiazole rings is 1. The Balaban J connectivity index is 1.62. The van der Waals surface area contributed by atoms with E-state index in [1.807, 2.05) is 17.2 Å². The minimum atomic E-state index is -0.392. The number of carbonyl (C=O) groups is 1. The Morgan fingerprint density at radius 2 is 2.12 bits per heavy atom. The summed E-state index contributed by atoms with van der Waals surface area (Å²) in [5, 5.41) is 2.75. The smallest absolute Gasteiger partial charge is 0.264 e. The molecule has 1 saturated carbocycles.